The Hall–Kier alpha value is -4.47. The number of hydrogen-bond acceptors (Lipinski definition) is 1. The van der Waals surface area contributed by atoms with Crippen LogP contribution in [0.3, 0.4) is 0 Å². The van der Waals surface area contributed by atoms with E-state index in [2.05, 4.69) is 154 Å². The summed E-state index contributed by atoms with van der Waals surface area (Å²) in [6, 6.07) is 38.5. The number of hydrogen-bond donors (Lipinski definition) is 0. The molecule has 0 spiro atoms. The molecule has 0 aliphatic rings. The standard InChI is InChI=1S/C41H37N2S/c1-24(2)30-14-11-15-31(25(3)4)38(30)43-36-17-10-9-16-35(36)42(6)41(43)37-26(5)18-20-33-32-21-19-29-22-27-12-7-8-13-28(27)23-34(29)39(32)44-40(33)37/h7-25H,1-6H3/q+1. The lowest BCUT2D eigenvalue weighted by molar-refractivity contribution is -0.633. The number of para-hydroxylation sites is 3. The third-order valence-electron chi connectivity index (χ3n) is 9.50. The maximum Gasteiger partial charge on any atom is 0.296 e. The Kier molecular flexibility index (Phi) is 6.18. The van der Waals surface area contributed by atoms with Crippen molar-refractivity contribution in [2.24, 2.45) is 7.05 Å². The fourth-order valence-corrected chi connectivity index (χ4v) is 8.70. The van der Waals surface area contributed by atoms with Crippen molar-refractivity contribution in [2.75, 3.05) is 0 Å². The molecule has 44 heavy (non-hydrogen) atoms. The van der Waals surface area contributed by atoms with Gasteiger partial charge in [0.25, 0.3) is 5.82 Å². The molecule has 0 atom stereocenters. The van der Waals surface area contributed by atoms with Gasteiger partial charge in [-0.25, -0.2) is 4.57 Å². The van der Waals surface area contributed by atoms with Gasteiger partial charge in [0.1, 0.15) is 5.69 Å². The average molecular weight is 590 g/mol. The van der Waals surface area contributed by atoms with Crippen molar-refractivity contribution in [3.8, 4) is 17.1 Å². The van der Waals surface area contributed by atoms with E-state index in [1.807, 2.05) is 11.3 Å². The highest BCUT2D eigenvalue weighted by Gasteiger charge is 2.32. The predicted molar refractivity (Wildman–Crippen MR) is 191 cm³/mol. The van der Waals surface area contributed by atoms with Crippen LogP contribution in [0.5, 0.6) is 0 Å². The summed E-state index contributed by atoms with van der Waals surface area (Å²) in [5, 5.41) is 7.89. The first-order chi connectivity index (χ1) is 21.3. The van der Waals surface area contributed by atoms with E-state index in [0.717, 1.165) is 0 Å². The number of aromatic nitrogens is 2. The molecule has 0 saturated heterocycles. The molecule has 8 rings (SSSR count). The summed E-state index contributed by atoms with van der Waals surface area (Å²) in [6.07, 6.45) is 0. The Morgan fingerprint density at radius 2 is 1.25 bits per heavy atom. The third kappa shape index (κ3) is 3.89. The van der Waals surface area contributed by atoms with Crippen LogP contribution >= 0.6 is 11.3 Å². The van der Waals surface area contributed by atoms with Crippen molar-refractivity contribution in [1.82, 2.24) is 4.57 Å². The molecule has 0 radical (unpaired) electrons. The van der Waals surface area contributed by atoms with Crippen LogP contribution in [-0.2, 0) is 7.05 Å². The first-order valence-electron chi connectivity index (χ1n) is 15.7. The van der Waals surface area contributed by atoms with Crippen molar-refractivity contribution < 1.29 is 4.57 Å². The van der Waals surface area contributed by atoms with E-state index in [1.165, 1.54) is 86.5 Å². The number of rotatable bonds is 4. The van der Waals surface area contributed by atoms with E-state index >= 15 is 0 Å². The van der Waals surface area contributed by atoms with Gasteiger partial charge in [-0.2, -0.15) is 4.57 Å². The smallest absolute Gasteiger partial charge is 0.225 e. The van der Waals surface area contributed by atoms with E-state index in [9.17, 15) is 0 Å². The predicted octanol–water partition coefficient (Wildman–Crippen LogP) is 11.4. The quantitative estimate of drug-likeness (QED) is 0.143. The van der Waals surface area contributed by atoms with Gasteiger partial charge in [0.15, 0.2) is 11.0 Å². The van der Waals surface area contributed by atoms with Crippen LogP contribution < -0.4 is 4.57 Å². The Morgan fingerprint density at radius 3 is 1.98 bits per heavy atom. The van der Waals surface area contributed by atoms with Gasteiger partial charge in [0, 0.05) is 32.0 Å². The largest absolute Gasteiger partial charge is 0.296 e. The summed E-state index contributed by atoms with van der Waals surface area (Å²) in [6.45, 7) is 11.6. The minimum atomic E-state index is 0.394. The number of aryl methyl sites for hydroxylation is 2. The third-order valence-corrected chi connectivity index (χ3v) is 10.8. The zero-order valence-electron chi connectivity index (χ0n) is 26.3. The molecule has 0 bridgehead atoms. The van der Waals surface area contributed by atoms with Crippen molar-refractivity contribution >= 4 is 64.1 Å². The molecule has 0 N–H and O–H groups in total. The van der Waals surface area contributed by atoms with Crippen LogP contribution in [-0.4, -0.2) is 4.57 Å². The maximum atomic E-state index is 2.58. The number of thiophene rings is 1. The van der Waals surface area contributed by atoms with Crippen LogP contribution in [0.15, 0.2) is 103 Å². The highest BCUT2D eigenvalue weighted by Crippen LogP contribution is 2.46. The molecule has 2 nitrogen and oxygen atoms in total. The fraction of sp³-hybridized carbons (Fsp3) is 0.195. The summed E-state index contributed by atoms with van der Waals surface area (Å²) in [5.41, 5.74) is 9.21. The Labute approximate surface area is 262 Å². The number of nitrogens with zero attached hydrogens (tertiary/aromatic N) is 2. The van der Waals surface area contributed by atoms with E-state index in [1.54, 1.807) is 0 Å². The van der Waals surface area contributed by atoms with Gasteiger partial charge in [-0.05, 0) is 64.7 Å². The van der Waals surface area contributed by atoms with Gasteiger partial charge in [0.2, 0.25) is 0 Å². The monoisotopic (exact) mass is 589 g/mol. The SMILES string of the molecule is Cc1ccc2c(sc3c4cc5ccccc5cc4ccc23)c1-c1n(-c2c(C(C)C)cccc2C(C)C)c2ccccc2[n+]1C. The van der Waals surface area contributed by atoms with E-state index in [-0.39, 0.29) is 0 Å². The molecule has 0 amide bonds. The van der Waals surface area contributed by atoms with Crippen LogP contribution in [0.1, 0.15) is 56.2 Å². The second kappa shape index (κ2) is 10.0. The molecular weight excluding hydrogens is 553 g/mol. The van der Waals surface area contributed by atoms with E-state index < -0.39 is 0 Å². The van der Waals surface area contributed by atoms with Gasteiger partial charge < -0.3 is 0 Å². The molecule has 8 aromatic rings. The van der Waals surface area contributed by atoms with Crippen molar-refractivity contribution in [3.63, 3.8) is 0 Å². The second-order valence-electron chi connectivity index (χ2n) is 12.9. The zero-order valence-corrected chi connectivity index (χ0v) is 27.1. The van der Waals surface area contributed by atoms with E-state index in [4.69, 9.17) is 0 Å². The lowest BCUT2D eigenvalue weighted by Crippen LogP contribution is -2.30. The first-order valence-corrected chi connectivity index (χ1v) is 16.6. The van der Waals surface area contributed by atoms with Crippen molar-refractivity contribution in [2.45, 2.75) is 46.5 Å². The van der Waals surface area contributed by atoms with Gasteiger partial charge >= 0.3 is 0 Å². The fourth-order valence-electron chi connectivity index (χ4n) is 7.28. The molecule has 0 fully saturated rings. The normalized spacial score (nSPS) is 12.3. The molecule has 216 valence electrons. The second-order valence-corrected chi connectivity index (χ2v) is 13.9. The Morgan fingerprint density at radius 1 is 0.614 bits per heavy atom. The first kappa shape index (κ1) is 27.1. The van der Waals surface area contributed by atoms with Gasteiger partial charge in [-0.3, -0.25) is 0 Å². The molecule has 0 unspecified atom stereocenters. The zero-order chi connectivity index (χ0) is 30.3. The lowest BCUT2D eigenvalue weighted by Gasteiger charge is -2.18. The molecule has 3 heteroatoms. The van der Waals surface area contributed by atoms with Crippen LogP contribution in [0.2, 0.25) is 0 Å². The summed E-state index contributed by atoms with van der Waals surface area (Å²) >= 11 is 1.95. The minimum Gasteiger partial charge on any atom is -0.225 e. The van der Waals surface area contributed by atoms with Crippen molar-refractivity contribution in [3.05, 3.63) is 120 Å². The number of benzene rings is 6. The van der Waals surface area contributed by atoms with E-state index in [0.29, 0.717) is 11.8 Å². The summed E-state index contributed by atoms with van der Waals surface area (Å²) in [5.74, 6) is 2.03. The molecule has 0 aliphatic heterocycles. The van der Waals surface area contributed by atoms with Gasteiger partial charge in [0.05, 0.1) is 17.3 Å². The summed E-state index contributed by atoms with van der Waals surface area (Å²) in [7, 11) is 2.24. The topological polar surface area (TPSA) is 8.81 Å². The highest BCUT2D eigenvalue weighted by molar-refractivity contribution is 7.27. The number of imidazole rings is 1. The van der Waals surface area contributed by atoms with Crippen LogP contribution in [0, 0.1) is 6.92 Å². The molecule has 0 saturated carbocycles. The average Bonchev–Trinajstić information content (AvgIpc) is 3.55. The lowest BCUT2D eigenvalue weighted by atomic mass is 9.92. The van der Waals surface area contributed by atoms with Crippen molar-refractivity contribution in [1.29, 1.82) is 0 Å². The molecular formula is C41H37N2S+. The Bertz CT molecular complexity index is 2390. The molecule has 2 aromatic heterocycles. The summed E-state index contributed by atoms with van der Waals surface area (Å²) < 4.78 is 7.73. The minimum absolute atomic E-state index is 0.394. The Balaban J connectivity index is 1.54. The number of fused-ring (bicyclic) bond motifs is 7. The van der Waals surface area contributed by atoms with Crippen LogP contribution in [0.25, 0.3) is 69.8 Å². The highest BCUT2D eigenvalue weighted by atomic mass is 32.1. The van der Waals surface area contributed by atoms with Crippen LogP contribution in [0.4, 0.5) is 0 Å². The van der Waals surface area contributed by atoms with Gasteiger partial charge in [-0.1, -0.05) is 107 Å². The molecule has 2 heterocycles. The summed E-state index contributed by atoms with van der Waals surface area (Å²) in [4.78, 5) is 0. The molecule has 0 aliphatic carbocycles. The van der Waals surface area contributed by atoms with Gasteiger partial charge in [-0.15, -0.1) is 11.3 Å². The molecule has 6 aromatic carbocycles. The maximum absolute atomic E-state index is 2.58.